The van der Waals surface area contributed by atoms with Crippen LogP contribution in [0.15, 0.2) is 53.6 Å². The number of benzene rings is 2. The Kier molecular flexibility index (Phi) is 6.65. The number of fused-ring (bicyclic) bond motifs is 1. The number of hydrogen-bond donors (Lipinski definition) is 1. The van der Waals surface area contributed by atoms with Crippen molar-refractivity contribution in [2.24, 2.45) is 5.10 Å². The van der Waals surface area contributed by atoms with Gasteiger partial charge >= 0.3 is 0 Å². The number of carbonyl (C=O) groups excluding carboxylic acids is 1. The number of amides is 1. The van der Waals surface area contributed by atoms with Gasteiger partial charge in [-0.25, -0.2) is 5.43 Å². The van der Waals surface area contributed by atoms with Crippen LogP contribution in [0.2, 0.25) is 0 Å². The summed E-state index contributed by atoms with van der Waals surface area (Å²) in [5.41, 5.74) is 5.02. The van der Waals surface area contributed by atoms with Gasteiger partial charge < -0.3 is 19.1 Å². The number of hydrazone groups is 1. The average molecular weight is 438 g/mol. The van der Waals surface area contributed by atoms with E-state index in [1.54, 1.807) is 14.2 Å². The van der Waals surface area contributed by atoms with Gasteiger partial charge in [0, 0.05) is 23.6 Å². The first-order valence-corrected chi connectivity index (χ1v) is 11.0. The largest absolute Gasteiger partial charge is 0.493 e. The molecule has 2 aliphatic rings. The number of ether oxygens (including phenoxy) is 3. The molecule has 1 saturated heterocycles. The van der Waals surface area contributed by atoms with E-state index >= 15 is 0 Å². The van der Waals surface area contributed by atoms with E-state index in [0.29, 0.717) is 11.8 Å². The summed E-state index contributed by atoms with van der Waals surface area (Å²) < 4.78 is 16.5. The molecule has 1 aliphatic heterocycles. The fourth-order valence-corrected chi connectivity index (χ4v) is 5.02. The molecule has 1 saturated carbocycles. The molecule has 2 aromatic carbocycles. The molecule has 0 radical (unpaired) electrons. The average Bonchev–Trinajstić information content (AvgIpc) is 3.18. The van der Waals surface area contributed by atoms with E-state index in [4.69, 9.17) is 14.2 Å². The minimum Gasteiger partial charge on any atom is -0.493 e. The summed E-state index contributed by atoms with van der Waals surface area (Å²) in [5, 5.41) is 4.44. The van der Waals surface area contributed by atoms with Crippen molar-refractivity contribution in [1.29, 1.82) is 0 Å². The first kappa shape index (κ1) is 22.1. The van der Waals surface area contributed by atoms with E-state index in [9.17, 15) is 4.79 Å². The van der Waals surface area contributed by atoms with Crippen LogP contribution in [-0.4, -0.2) is 57.0 Å². The van der Waals surface area contributed by atoms with Crippen LogP contribution in [0.25, 0.3) is 0 Å². The van der Waals surface area contributed by atoms with Gasteiger partial charge in [-0.05, 0) is 62.7 Å². The molecule has 0 unspecified atom stereocenters. The molecule has 2 atom stereocenters. The van der Waals surface area contributed by atoms with Gasteiger partial charge in [-0.15, -0.1) is 0 Å². The number of nitrogens with zero attached hydrogens (tertiary/aromatic N) is 2. The summed E-state index contributed by atoms with van der Waals surface area (Å²) >= 11 is 0. The number of carbonyl (C=O) groups is 1. The second-order valence-electron chi connectivity index (χ2n) is 8.49. The molecular weight excluding hydrogens is 406 g/mol. The SMILES string of the molecule is COc1ccc([C@@]23CCC(=NNC(=O)COc4ccccc4)C[C@@H]2N(C)CC3)cc1OC. The zero-order valence-electron chi connectivity index (χ0n) is 19.0. The maximum Gasteiger partial charge on any atom is 0.277 e. The van der Waals surface area contributed by atoms with Gasteiger partial charge in [0.05, 0.1) is 14.2 Å². The highest BCUT2D eigenvalue weighted by Crippen LogP contribution is 2.49. The Labute approximate surface area is 189 Å². The molecule has 0 aromatic heterocycles. The van der Waals surface area contributed by atoms with E-state index in [1.807, 2.05) is 36.4 Å². The number of hydrogen-bond acceptors (Lipinski definition) is 6. The Morgan fingerprint density at radius 1 is 1.12 bits per heavy atom. The molecule has 1 heterocycles. The van der Waals surface area contributed by atoms with Gasteiger partial charge in [0.15, 0.2) is 18.1 Å². The maximum atomic E-state index is 12.2. The number of nitrogens with one attached hydrogen (secondary N) is 1. The third-order valence-electron chi connectivity index (χ3n) is 6.78. The fourth-order valence-electron chi connectivity index (χ4n) is 5.02. The Morgan fingerprint density at radius 2 is 1.91 bits per heavy atom. The number of rotatable bonds is 7. The van der Waals surface area contributed by atoms with Crippen molar-refractivity contribution in [3.63, 3.8) is 0 Å². The molecular formula is C25H31N3O4. The summed E-state index contributed by atoms with van der Waals surface area (Å²) in [6, 6.07) is 15.9. The lowest BCUT2D eigenvalue weighted by molar-refractivity contribution is -0.123. The topological polar surface area (TPSA) is 72.4 Å². The molecule has 1 N–H and O–H groups in total. The molecule has 7 nitrogen and oxygen atoms in total. The van der Waals surface area contributed by atoms with Crippen molar-refractivity contribution >= 4 is 11.6 Å². The molecule has 2 aromatic rings. The van der Waals surface area contributed by atoms with Crippen molar-refractivity contribution in [2.75, 3.05) is 34.4 Å². The molecule has 4 rings (SSSR count). The van der Waals surface area contributed by atoms with Gasteiger partial charge in [0.1, 0.15) is 5.75 Å². The lowest BCUT2D eigenvalue weighted by Gasteiger charge is -2.42. The Morgan fingerprint density at radius 3 is 2.66 bits per heavy atom. The predicted octanol–water partition coefficient (Wildman–Crippen LogP) is 3.38. The number of likely N-dealkylation sites (N-methyl/N-ethyl adjacent to an activating group) is 1. The third-order valence-corrected chi connectivity index (χ3v) is 6.78. The quantitative estimate of drug-likeness (QED) is 0.673. The Balaban J connectivity index is 1.43. The van der Waals surface area contributed by atoms with E-state index in [-0.39, 0.29) is 17.9 Å². The molecule has 0 spiro atoms. The number of methoxy groups -OCH3 is 2. The van der Waals surface area contributed by atoms with E-state index in [2.05, 4.69) is 34.6 Å². The lowest BCUT2D eigenvalue weighted by Crippen LogP contribution is -2.46. The third kappa shape index (κ3) is 4.43. The van der Waals surface area contributed by atoms with Crippen molar-refractivity contribution in [3.8, 4) is 17.2 Å². The molecule has 170 valence electrons. The van der Waals surface area contributed by atoms with E-state index in [1.165, 1.54) is 5.56 Å². The van der Waals surface area contributed by atoms with Crippen molar-refractivity contribution in [3.05, 3.63) is 54.1 Å². The second kappa shape index (κ2) is 9.61. The molecule has 0 bridgehead atoms. The smallest absolute Gasteiger partial charge is 0.277 e. The van der Waals surface area contributed by atoms with Gasteiger partial charge in [-0.3, -0.25) is 4.79 Å². The number of likely N-dealkylation sites (tertiary alicyclic amines) is 1. The first-order valence-electron chi connectivity index (χ1n) is 11.0. The van der Waals surface area contributed by atoms with Crippen LogP contribution in [0.3, 0.4) is 0 Å². The molecule has 1 aliphatic carbocycles. The monoisotopic (exact) mass is 437 g/mol. The van der Waals surface area contributed by atoms with E-state index < -0.39 is 0 Å². The summed E-state index contributed by atoms with van der Waals surface area (Å²) in [4.78, 5) is 14.6. The van der Waals surface area contributed by atoms with Crippen LogP contribution < -0.4 is 19.6 Å². The molecule has 32 heavy (non-hydrogen) atoms. The molecule has 1 amide bonds. The van der Waals surface area contributed by atoms with Crippen LogP contribution in [0.4, 0.5) is 0 Å². The summed E-state index contributed by atoms with van der Waals surface area (Å²) in [5.74, 6) is 1.92. The van der Waals surface area contributed by atoms with Gasteiger partial charge in [-0.2, -0.15) is 5.10 Å². The highest BCUT2D eigenvalue weighted by molar-refractivity contribution is 5.88. The molecule has 2 fully saturated rings. The number of para-hydroxylation sites is 1. The van der Waals surface area contributed by atoms with Crippen LogP contribution >= 0.6 is 0 Å². The predicted molar refractivity (Wildman–Crippen MR) is 124 cm³/mol. The summed E-state index contributed by atoms with van der Waals surface area (Å²) in [7, 11) is 5.50. The minimum atomic E-state index is -0.252. The van der Waals surface area contributed by atoms with Crippen LogP contribution in [0, 0.1) is 0 Å². The Bertz CT molecular complexity index is 978. The normalized spacial score (nSPS) is 24.1. The van der Waals surface area contributed by atoms with Crippen LogP contribution in [0.5, 0.6) is 17.2 Å². The Hall–Kier alpha value is -3.06. The van der Waals surface area contributed by atoms with E-state index in [0.717, 1.165) is 49.4 Å². The zero-order valence-corrected chi connectivity index (χ0v) is 19.0. The summed E-state index contributed by atoms with van der Waals surface area (Å²) in [6.45, 7) is 0.975. The van der Waals surface area contributed by atoms with Crippen molar-refractivity contribution in [2.45, 2.75) is 37.1 Å². The first-order chi connectivity index (χ1) is 15.6. The lowest BCUT2D eigenvalue weighted by atomic mass is 9.65. The second-order valence-corrected chi connectivity index (χ2v) is 8.49. The standard InChI is InChI=1S/C25H31N3O4/c1-28-14-13-25(18-9-10-21(30-2)22(15-18)31-3)12-11-19(16-23(25)28)26-27-24(29)17-32-20-7-5-4-6-8-20/h4-10,15,23H,11-14,16-17H2,1-3H3,(H,27,29)/t23-,25-/m0/s1. The maximum absolute atomic E-state index is 12.2. The van der Waals surface area contributed by atoms with Crippen molar-refractivity contribution in [1.82, 2.24) is 10.3 Å². The zero-order chi connectivity index (χ0) is 22.6. The fraction of sp³-hybridized carbons (Fsp3) is 0.440. The van der Waals surface area contributed by atoms with Gasteiger partial charge in [-0.1, -0.05) is 24.3 Å². The highest BCUT2D eigenvalue weighted by atomic mass is 16.5. The van der Waals surface area contributed by atoms with Gasteiger partial charge in [0.25, 0.3) is 5.91 Å². The van der Waals surface area contributed by atoms with Gasteiger partial charge in [0.2, 0.25) is 0 Å². The molecule has 7 heteroatoms. The highest BCUT2D eigenvalue weighted by Gasteiger charge is 2.49. The summed E-state index contributed by atoms with van der Waals surface area (Å²) in [6.07, 6.45) is 3.74. The van der Waals surface area contributed by atoms with Crippen LogP contribution in [-0.2, 0) is 10.2 Å². The minimum absolute atomic E-state index is 0.0494. The van der Waals surface area contributed by atoms with Crippen molar-refractivity contribution < 1.29 is 19.0 Å². The van der Waals surface area contributed by atoms with Crippen LogP contribution in [0.1, 0.15) is 31.2 Å².